The van der Waals surface area contributed by atoms with Gasteiger partial charge in [-0.1, -0.05) is 45.1 Å². The normalized spacial score (nSPS) is 10.4. The van der Waals surface area contributed by atoms with Crippen LogP contribution in [-0.2, 0) is 4.79 Å². The molecule has 0 aliphatic rings. The molecule has 27 heavy (non-hydrogen) atoms. The number of carbonyl (C=O) groups is 2. The molecule has 0 radical (unpaired) electrons. The molecule has 0 aliphatic heterocycles. The maximum absolute atomic E-state index is 12.9. The van der Waals surface area contributed by atoms with Crippen molar-refractivity contribution in [2.24, 2.45) is 0 Å². The number of hydrogen-bond acceptors (Lipinski definition) is 6. The average molecular weight is 467 g/mol. The first-order valence-corrected chi connectivity index (χ1v) is 10.2. The van der Waals surface area contributed by atoms with Crippen LogP contribution in [0.3, 0.4) is 0 Å². The summed E-state index contributed by atoms with van der Waals surface area (Å²) in [5.74, 6) is -0.792. The maximum atomic E-state index is 12.9. The fraction of sp³-hybridized carbons (Fsp3) is 0.0588. The highest BCUT2D eigenvalue weighted by Gasteiger charge is 2.12. The Labute approximate surface area is 170 Å². The molecule has 10 heteroatoms. The zero-order chi connectivity index (χ0) is 19.2. The van der Waals surface area contributed by atoms with Gasteiger partial charge in [-0.05, 0) is 42.5 Å². The van der Waals surface area contributed by atoms with E-state index in [9.17, 15) is 14.0 Å². The summed E-state index contributed by atoms with van der Waals surface area (Å²) in [6.45, 7) is 0. The van der Waals surface area contributed by atoms with Crippen LogP contribution in [-0.4, -0.2) is 27.8 Å². The number of amides is 2. The number of hydrogen-bond donors (Lipinski definition) is 2. The molecule has 0 unspecified atom stereocenters. The minimum absolute atomic E-state index is 0.117. The summed E-state index contributed by atoms with van der Waals surface area (Å²) in [6, 6.07) is 12.5. The topological polar surface area (TPSA) is 84.0 Å². The zero-order valence-electron chi connectivity index (χ0n) is 13.6. The molecule has 0 atom stereocenters. The van der Waals surface area contributed by atoms with Gasteiger partial charge in [0, 0.05) is 15.7 Å². The van der Waals surface area contributed by atoms with Gasteiger partial charge in [-0.2, -0.15) is 0 Å². The highest BCUT2D eigenvalue weighted by atomic mass is 79.9. The number of nitrogens with one attached hydrogen (secondary N) is 2. The number of anilines is 2. The van der Waals surface area contributed by atoms with Gasteiger partial charge in [-0.3, -0.25) is 14.9 Å². The predicted molar refractivity (Wildman–Crippen MR) is 108 cm³/mol. The van der Waals surface area contributed by atoms with E-state index in [1.165, 1.54) is 47.4 Å². The summed E-state index contributed by atoms with van der Waals surface area (Å²) in [6.07, 6.45) is 0. The van der Waals surface area contributed by atoms with Crippen LogP contribution >= 0.6 is 39.0 Å². The van der Waals surface area contributed by atoms with Gasteiger partial charge < -0.3 is 5.32 Å². The van der Waals surface area contributed by atoms with Crippen molar-refractivity contribution in [1.82, 2.24) is 10.2 Å². The van der Waals surface area contributed by atoms with Gasteiger partial charge in [0.25, 0.3) is 5.91 Å². The molecule has 2 N–H and O–H groups in total. The second kappa shape index (κ2) is 9.07. The molecule has 6 nitrogen and oxygen atoms in total. The van der Waals surface area contributed by atoms with E-state index in [1.54, 1.807) is 18.2 Å². The van der Waals surface area contributed by atoms with Gasteiger partial charge >= 0.3 is 0 Å². The number of aromatic nitrogens is 2. The number of thioether (sulfide) groups is 1. The Morgan fingerprint density at radius 1 is 1.11 bits per heavy atom. The first kappa shape index (κ1) is 19.5. The van der Waals surface area contributed by atoms with Crippen molar-refractivity contribution in [2.75, 3.05) is 16.4 Å². The monoisotopic (exact) mass is 466 g/mol. The average Bonchev–Trinajstić information content (AvgIpc) is 3.09. The molecule has 1 aromatic heterocycles. The minimum atomic E-state index is -0.367. The van der Waals surface area contributed by atoms with E-state index >= 15 is 0 Å². The van der Waals surface area contributed by atoms with Crippen LogP contribution in [0.1, 0.15) is 10.4 Å². The number of benzene rings is 2. The minimum Gasteiger partial charge on any atom is -0.325 e. The van der Waals surface area contributed by atoms with Crippen molar-refractivity contribution in [2.45, 2.75) is 4.34 Å². The molecule has 0 bridgehead atoms. The van der Waals surface area contributed by atoms with Crippen LogP contribution in [0.2, 0.25) is 0 Å². The fourth-order valence-electron chi connectivity index (χ4n) is 1.98. The predicted octanol–water partition coefficient (Wildman–Crippen LogP) is 4.42. The van der Waals surface area contributed by atoms with Crippen molar-refractivity contribution >= 4 is 61.7 Å². The van der Waals surface area contributed by atoms with Crippen LogP contribution in [0, 0.1) is 5.82 Å². The van der Waals surface area contributed by atoms with Crippen molar-refractivity contribution in [1.29, 1.82) is 0 Å². The Balaban J connectivity index is 1.51. The van der Waals surface area contributed by atoms with Gasteiger partial charge in [0.05, 0.1) is 5.75 Å². The third kappa shape index (κ3) is 5.84. The molecule has 3 aromatic rings. The molecular formula is C17H12BrFN4O2S2. The Hall–Kier alpha value is -2.30. The molecule has 0 spiro atoms. The van der Waals surface area contributed by atoms with Crippen LogP contribution in [0.5, 0.6) is 0 Å². The summed E-state index contributed by atoms with van der Waals surface area (Å²) in [4.78, 5) is 24.1. The van der Waals surface area contributed by atoms with Crippen molar-refractivity contribution in [3.8, 4) is 0 Å². The Morgan fingerprint density at radius 2 is 1.89 bits per heavy atom. The van der Waals surface area contributed by atoms with Gasteiger partial charge in [-0.25, -0.2) is 4.39 Å². The Kier molecular flexibility index (Phi) is 6.54. The lowest BCUT2D eigenvalue weighted by Gasteiger charge is -2.03. The fourth-order valence-corrected chi connectivity index (χ4v) is 3.92. The van der Waals surface area contributed by atoms with E-state index in [4.69, 9.17) is 0 Å². The highest BCUT2D eigenvalue weighted by Crippen LogP contribution is 2.26. The molecule has 1 heterocycles. The molecule has 0 aliphatic carbocycles. The molecule has 3 rings (SSSR count). The first-order valence-electron chi connectivity index (χ1n) is 7.58. The molecule has 0 saturated carbocycles. The van der Waals surface area contributed by atoms with Crippen molar-refractivity contribution < 1.29 is 14.0 Å². The quantitative estimate of drug-likeness (QED) is 0.414. The second-order valence-electron chi connectivity index (χ2n) is 5.18. The lowest BCUT2D eigenvalue weighted by Crippen LogP contribution is -2.13. The van der Waals surface area contributed by atoms with Crippen LogP contribution < -0.4 is 10.6 Å². The zero-order valence-corrected chi connectivity index (χ0v) is 16.8. The summed E-state index contributed by atoms with van der Waals surface area (Å²) in [5, 5.41) is 13.5. The highest BCUT2D eigenvalue weighted by molar-refractivity contribution is 9.10. The molecule has 0 fully saturated rings. The van der Waals surface area contributed by atoms with E-state index in [0.717, 1.165) is 4.47 Å². The first-order chi connectivity index (χ1) is 13.0. The van der Waals surface area contributed by atoms with Crippen molar-refractivity contribution in [3.05, 3.63) is 64.4 Å². The largest absolute Gasteiger partial charge is 0.325 e. The van der Waals surface area contributed by atoms with E-state index in [1.807, 2.05) is 6.07 Å². The number of halogens is 2. The molecular weight excluding hydrogens is 455 g/mol. The summed E-state index contributed by atoms with van der Waals surface area (Å²) < 4.78 is 14.2. The van der Waals surface area contributed by atoms with Gasteiger partial charge in [0.2, 0.25) is 11.0 Å². The number of carbonyl (C=O) groups excluding carboxylic acids is 2. The third-order valence-electron chi connectivity index (χ3n) is 3.17. The van der Waals surface area contributed by atoms with E-state index in [0.29, 0.717) is 20.7 Å². The van der Waals surface area contributed by atoms with E-state index in [-0.39, 0.29) is 23.4 Å². The molecule has 2 aromatic carbocycles. The van der Waals surface area contributed by atoms with Crippen LogP contribution in [0.25, 0.3) is 0 Å². The maximum Gasteiger partial charge on any atom is 0.257 e. The number of rotatable bonds is 6. The van der Waals surface area contributed by atoms with Gasteiger partial charge in [0.1, 0.15) is 5.82 Å². The molecule has 0 saturated heterocycles. The summed E-state index contributed by atoms with van der Waals surface area (Å²) in [5.41, 5.74) is 1.01. The van der Waals surface area contributed by atoms with E-state index in [2.05, 4.69) is 36.8 Å². The lowest BCUT2D eigenvalue weighted by molar-refractivity contribution is -0.113. The Bertz CT molecular complexity index is 966. The van der Waals surface area contributed by atoms with Gasteiger partial charge in [0.15, 0.2) is 4.34 Å². The van der Waals surface area contributed by atoms with E-state index < -0.39 is 0 Å². The molecule has 138 valence electrons. The standard InChI is InChI=1S/C17H12BrFN4O2S2/c18-11-3-1-2-10(8-11)15(25)21-16-22-23-17(27-16)26-9-14(24)20-13-6-4-12(19)5-7-13/h1-8H,9H2,(H,20,24)(H,21,22,25). The Morgan fingerprint density at radius 3 is 2.63 bits per heavy atom. The SMILES string of the molecule is O=C(CSc1nnc(NC(=O)c2cccc(Br)c2)s1)Nc1ccc(F)cc1. The second-order valence-corrected chi connectivity index (χ2v) is 8.30. The molecule has 2 amide bonds. The van der Waals surface area contributed by atoms with Crippen LogP contribution in [0.4, 0.5) is 15.2 Å². The lowest BCUT2D eigenvalue weighted by atomic mass is 10.2. The van der Waals surface area contributed by atoms with Crippen molar-refractivity contribution in [3.63, 3.8) is 0 Å². The summed E-state index contributed by atoms with van der Waals surface area (Å²) in [7, 11) is 0. The number of nitrogens with zero attached hydrogens (tertiary/aromatic N) is 2. The smallest absolute Gasteiger partial charge is 0.257 e. The van der Waals surface area contributed by atoms with Crippen LogP contribution in [0.15, 0.2) is 57.3 Å². The summed E-state index contributed by atoms with van der Waals surface area (Å²) >= 11 is 5.69. The third-order valence-corrected chi connectivity index (χ3v) is 5.63. The van der Waals surface area contributed by atoms with Gasteiger partial charge in [-0.15, -0.1) is 10.2 Å².